The summed E-state index contributed by atoms with van der Waals surface area (Å²) < 4.78 is 36.9. The van der Waals surface area contributed by atoms with Gasteiger partial charge >= 0.3 is 0 Å². The monoisotopic (exact) mass is 317 g/mol. The van der Waals surface area contributed by atoms with Gasteiger partial charge in [0.15, 0.2) is 0 Å². The summed E-state index contributed by atoms with van der Waals surface area (Å²) in [6.45, 7) is 1.25. The zero-order valence-corrected chi connectivity index (χ0v) is 13.2. The molecule has 1 aromatic carbocycles. The van der Waals surface area contributed by atoms with Gasteiger partial charge in [-0.05, 0) is 18.2 Å². The average Bonchev–Trinajstić information content (AvgIpc) is 2.40. The van der Waals surface area contributed by atoms with Crippen LogP contribution in [0.15, 0.2) is 23.1 Å². The van der Waals surface area contributed by atoms with Crippen molar-refractivity contribution in [3.05, 3.63) is 18.2 Å². The van der Waals surface area contributed by atoms with Crippen LogP contribution in [-0.4, -0.2) is 55.6 Å². The summed E-state index contributed by atoms with van der Waals surface area (Å²) >= 11 is 0. The Bertz CT molecular complexity index is 619. The molecule has 0 bridgehead atoms. The lowest BCUT2D eigenvalue weighted by molar-refractivity contribution is 0.520. The molecule has 0 atom stereocenters. The van der Waals surface area contributed by atoms with E-state index >= 15 is 0 Å². The Morgan fingerprint density at radius 3 is 2.40 bits per heavy atom. The number of sulfonamides is 1. The second kappa shape index (κ2) is 5.71. The van der Waals surface area contributed by atoms with Gasteiger partial charge in [-0.25, -0.2) is 12.7 Å². The first-order chi connectivity index (χ1) is 9.32. The molecule has 8 heteroatoms. The molecule has 112 valence electrons. The Morgan fingerprint density at radius 2 is 1.85 bits per heavy atom. The third-order valence-electron chi connectivity index (χ3n) is 3.30. The van der Waals surface area contributed by atoms with E-state index in [9.17, 15) is 12.6 Å². The van der Waals surface area contributed by atoms with Crippen molar-refractivity contribution < 1.29 is 12.6 Å². The first-order valence-corrected chi connectivity index (χ1v) is 9.17. The van der Waals surface area contributed by atoms with Crippen LogP contribution in [0.5, 0.6) is 0 Å². The van der Waals surface area contributed by atoms with Crippen molar-refractivity contribution in [2.45, 2.75) is 4.90 Å². The zero-order chi connectivity index (χ0) is 14.9. The molecule has 2 N–H and O–H groups in total. The minimum atomic E-state index is -3.47. The highest BCUT2D eigenvalue weighted by Crippen LogP contribution is 2.28. The predicted molar refractivity (Wildman–Crippen MR) is 81.8 cm³/mol. The first kappa shape index (κ1) is 15.3. The molecule has 1 fully saturated rings. The summed E-state index contributed by atoms with van der Waals surface area (Å²) in [5, 5.41) is 0. The van der Waals surface area contributed by atoms with E-state index in [1.54, 1.807) is 12.1 Å². The fourth-order valence-corrected chi connectivity index (χ4v) is 4.02. The Kier molecular flexibility index (Phi) is 4.36. The Hall–Kier alpha value is -1.12. The summed E-state index contributed by atoms with van der Waals surface area (Å²) in [4.78, 5) is 2.21. The summed E-state index contributed by atoms with van der Waals surface area (Å²) in [6, 6.07) is 4.71. The van der Waals surface area contributed by atoms with Gasteiger partial charge in [0.05, 0.1) is 16.3 Å². The number of anilines is 2. The highest BCUT2D eigenvalue weighted by atomic mass is 32.2. The Morgan fingerprint density at radius 1 is 1.25 bits per heavy atom. The molecule has 1 saturated heterocycles. The van der Waals surface area contributed by atoms with E-state index < -0.39 is 20.8 Å². The molecule has 20 heavy (non-hydrogen) atoms. The maximum absolute atomic E-state index is 12.1. The minimum absolute atomic E-state index is 0.221. The summed E-state index contributed by atoms with van der Waals surface area (Å²) in [5.74, 6) is 1.17. The third kappa shape index (κ3) is 2.97. The minimum Gasteiger partial charge on any atom is -0.397 e. The molecule has 0 amide bonds. The summed E-state index contributed by atoms with van der Waals surface area (Å²) in [7, 11) is -1.26. The molecular weight excluding hydrogens is 298 g/mol. The molecule has 0 unspecified atom stereocenters. The van der Waals surface area contributed by atoms with Crippen molar-refractivity contribution in [1.29, 1.82) is 0 Å². The zero-order valence-electron chi connectivity index (χ0n) is 11.6. The molecule has 0 aliphatic carbocycles. The second-order valence-corrected chi connectivity index (χ2v) is 8.69. The van der Waals surface area contributed by atoms with E-state index in [0.29, 0.717) is 36.0 Å². The molecule has 1 aliphatic rings. The van der Waals surface area contributed by atoms with Gasteiger partial charge in [0, 0.05) is 49.5 Å². The third-order valence-corrected chi connectivity index (χ3v) is 6.39. The molecule has 0 aromatic heterocycles. The molecular formula is C12H19N3O3S2. The molecule has 2 rings (SSSR count). The van der Waals surface area contributed by atoms with Crippen molar-refractivity contribution in [2.24, 2.45) is 0 Å². The van der Waals surface area contributed by atoms with Crippen LogP contribution in [0.4, 0.5) is 11.4 Å². The highest BCUT2D eigenvalue weighted by Gasteiger charge is 2.22. The van der Waals surface area contributed by atoms with E-state index in [0.717, 1.165) is 0 Å². The van der Waals surface area contributed by atoms with E-state index in [1.807, 2.05) is 4.90 Å². The number of nitrogens with two attached hydrogens (primary N) is 1. The number of hydrogen-bond donors (Lipinski definition) is 1. The lowest BCUT2D eigenvalue weighted by Crippen LogP contribution is -2.38. The second-order valence-electron chi connectivity index (χ2n) is 4.84. The van der Waals surface area contributed by atoms with E-state index in [2.05, 4.69) is 0 Å². The van der Waals surface area contributed by atoms with Gasteiger partial charge in [-0.2, -0.15) is 0 Å². The Balaban J connectivity index is 2.37. The quantitative estimate of drug-likeness (QED) is 0.799. The number of nitrogens with zero attached hydrogens (tertiary/aromatic N) is 2. The number of nitrogen functional groups attached to an aromatic ring is 1. The fourth-order valence-electron chi connectivity index (χ4n) is 2.05. The predicted octanol–water partition coefficient (Wildman–Crippen LogP) is 0.0878. The number of benzene rings is 1. The van der Waals surface area contributed by atoms with Crippen LogP contribution in [0.25, 0.3) is 0 Å². The van der Waals surface area contributed by atoms with Crippen LogP contribution in [0, 0.1) is 0 Å². The van der Waals surface area contributed by atoms with Crippen LogP contribution in [0.1, 0.15) is 0 Å². The van der Waals surface area contributed by atoms with Crippen LogP contribution >= 0.6 is 0 Å². The lowest BCUT2D eigenvalue weighted by atomic mass is 10.2. The van der Waals surface area contributed by atoms with Crippen LogP contribution in [0.3, 0.4) is 0 Å². The maximum Gasteiger partial charge on any atom is 0.242 e. The molecule has 0 spiro atoms. The molecule has 6 nitrogen and oxygen atoms in total. The molecule has 0 saturated carbocycles. The molecule has 1 aromatic rings. The van der Waals surface area contributed by atoms with Gasteiger partial charge in [0.2, 0.25) is 10.0 Å². The van der Waals surface area contributed by atoms with Gasteiger partial charge in [0.1, 0.15) is 0 Å². The molecule has 0 radical (unpaired) electrons. The standard InChI is InChI=1S/C12H19N3O3S2/c1-14(2)20(17,18)10-3-4-11(13)12(9-10)15-5-7-19(16)8-6-15/h3-4,9H,5-8,13H2,1-2H3. The number of hydrogen-bond acceptors (Lipinski definition) is 5. The summed E-state index contributed by atoms with van der Waals surface area (Å²) in [5.41, 5.74) is 7.18. The largest absolute Gasteiger partial charge is 0.397 e. The van der Waals surface area contributed by atoms with Crippen LogP contribution in [0.2, 0.25) is 0 Å². The fraction of sp³-hybridized carbons (Fsp3) is 0.500. The number of rotatable bonds is 3. The highest BCUT2D eigenvalue weighted by molar-refractivity contribution is 7.89. The Labute approximate surface area is 122 Å². The van der Waals surface area contributed by atoms with E-state index in [4.69, 9.17) is 5.73 Å². The lowest BCUT2D eigenvalue weighted by Gasteiger charge is -2.30. The van der Waals surface area contributed by atoms with Crippen molar-refractivity contribution >= 4 is 32.2 Å². The van der Waals surface area contributed by atoms with Crippen molar-refractivity contribution in [1.82, 2.24) is 4.31 Å². The van der Waals surface area contributed by atoms with Gasteiger partial charge in [-0.15, -0.1) is 0 Å². The summed E-state index contributed by atoms with van der Waals surface area (Å²) in [6.07, 6.45) is 0. The van der Waals surface area contributed by atoms with Gasteiger partial charge in [0.25, 0.3) is 0 Å². The van der Waals surface area contributed by atoms with Crippen LogP contribution in [-0.2, 0) is 20.8 Å². The SMILES string of the molecule is CN(C)S(=O)(=O)c1ccc(N)c(N2CCS(=O)CC2)c1. The van der Waals surface area contributed by atoms with Gasteiger partial charge in [-0.1, -0.05) is 0 Å². The van der Waals surface area contributed by atoms with Gasteiger partial charge in [-0.3, -0.25) is 4.21 Å². The normalized spacial score (nSPS) is 17.6. The topological polar surface area (TPSA) is 83.7 Å². The first-order valence-electron chi connectivity index (χ1n) is 6.24. The smallest absolute Gasteiger partial charge is 0.242 e. The van der Waals surface area contributed by atoms with Gasteiger partial charge < -0.3 is 10.6 Å². The van der Waals surface area contributed by atoms with E-state index in [-0.39, 0.29) is 4.90 Å². The van der Waals surface area contributed by atoms with Crippen molar-refractivity contribution in [3.8, 4) is 0 Å². The van der Waals surface area contributed by atoms with Crippen molar-refractivity contribution in [3.63, 3.8) is 0 Å². The molecule has 1 heterocycles. The van der Waals surface area contributed by atoms with Crippen LogP contribution < -0.4 is 10.6 Å². The van der Waals surface area contributed by atoms with Crippen molar-refractivity contribution in [2.75, 3.05) is 49.3 Å². The maximum atomic E-state index is 12.1. The molecule has 1 aliphatic heterocycles. The van der Waals surface area contributed by atoms with E-state index in [1.165, 1.54) is 24.5 Å². The average molecular weight is 317 g/mol.